The summed E-state index contributed by atoms with van der Waals surface area (Å²) >= 11 is 3.40. The number of aromatic nitrogens is 2. The largest absolute Gasteiger partial charge is 0.342 e. The van der Waals surface area contributed by atoms with Gasteiger partial charge < -0.3 is 14.8 Å². The molecule has 3 aromatic rings. The molecule has 1 N–H and O–H groups in total. The SMILES string of the molecule is O=C(c1ccc(Br)cc1)N1CCC(C(=O)N2CCC(c3nc4ccccc4[nH]3)CC2)CC1. The highest BCUT2D eigenvalue weighted by Gasteiger charge is 2.33. The number of hydrogen-bond acceptors (Lipinski definition) is 3. The molecule has 1 aromatic heterocycles. The quantitative estimate of drug-likeness (QED) is 0.578. The first-order valence-electron chi connectivity index (χ1n) is 11.4. The first kappa shape index (κ1) is 21.2. The Morgan fingerprint density at radius 2 is 1.53 bits per heavy atom. The van der Waals surface area contributed by atoms with Gasteiger partial charge in [-0.2, -0.15) is 0 Å². The van der Waals surface area contributed by atoms with E-state index in [9.17, 15) is 9.59 Å². The van der Waals surface area contributed by atoms with Crippen molar-refractivity contribution in [2.45, 2.75) is 31.6 Å². The summed E-state index contributed by atoms with van der Waals surface area (Å²) in [6.45, 7) is 2.83. The molecule has 2 aromatic carbocycles. The summed E-state index contributed by atoms with van der Waals surface area (Å²) in [7, 11) is 0. The fraction of sp³-hybridized carbons (Fsp3) is 0.400. The van der Waals surface area contributed by atoms with Crippen LogP contribution in [0.5, 0.6) is 0 Å². The number of para-hydroxylation sites is 2. The zero-order valence-corrected chi connectivity index (χ0v) is 19.6. The maximum Gasteiger partial charge on any atom is 0.253 e. The highest BCUT2D eigenvalue weighted by molar-refractivity contribution is 9.10. The molecule has 32 heavy (non-hydrogen) atoms. The summed E-state index contributed by atoms with van der Waals surface area (Å²) < 4.78 is 0.961. The minimum absolute atomic E-state index is 0.0201. The molecule has 7 heteroatoms. The first-order valence-corrected chi connectivity index (χ1v) is 12.2. The minimum Gasteiger partial charge on any atom is -0.342 e. The van der Waals surface area contributed by atoms with Crippen molar-refractivity contribution in [1.29, 1.82) is 0 Å². The zero-order chi connectivity index (χ0) is 22.1. The molecule has 5 rings (SSSR count). The van der Waals surface area contributed by atoms with Crippen molar-refractivity contribution < 1.29 is 9.59 Å². The van der Waals surface area contributed by atoms with Crippen LogP contribution in [0.15, 0.2) is 53.0 Å². The number of rotatable bonds is 3. The molecule has 0 bridgehead atoms. The van der Waals surface area contributed by atoms with Crippen LogP contribution in [0.2, 0.25) is 0 Å². The van der Waals surface area contributed by atoms with Crippen molar-refractivity contribution in [1.82, 2.24) is 19.8 Å². The summed E-state index contributed by atoms with van der Waals surface area (Å²) in [6.07, 6.45) is 3.36. The maximum atomic E-state index is 13.1. The molecule has 0 aliphatic carbocycles. The Kier molecular flexibility index (Phi) is 6.00. The second-order valence-electron chi connectivity index (χ2n) is 8.81. The first-order chi connectivity index (χ1) is 15.6. The molecule has 0 radical (unpaired) electrons. The highest BCUT2D eigenvalue weighted by Crippen LogP contribution is 2.30. The van der Waals surface area contributed by atoms with Crippen LogP contribution in [0, 0.1) is 5.92 Å². The molecule has 166 valence electrons. The molecule has 0 spiro atoms. The Hall–Kier alpha value is -2.67. The third kappa shape index (κ3) is 4.31. The van der Waals surface area contributed by atoms with Crippen LogP contribution in [0.25, 0.3) is 11.0 Å². The van der Waals surface area contributed by atoms with Crippen molar-refractivity contribution in [3.63, 3.8) is 0 Å². The average Bonchev–Trinajstić information content (AvgIpc) is 3.28. The van der Waals surface area contributed by atoms with Crippen molar-refractivity contribution >= 4 is 38.8 Å². The van der Waals surface area contributed by atoms with E-state index in [0.717, 1.165) is 60.1 Å². The summed E-state index contributed by atoms with van der Waals surface area (Å²) in [5.41, 5.74) is 2.78. The molecule has 2 saturated heterocycles. The van der Waals surface area contributed by atoms with Gasteiger partial charge in [0.1, 0.15) is 5.82 Å². The molecule has 2 fully saturated rings. The molecule has 2 aliphatic rings. The molecular weight excluding hydrogens is 468 g/mol. The number of halogens is 1. The fourth-order valence-electron chi connectivity index (χ4n) is 4.90. The molecule has 0 unspecified atom stereocenters. The summed E-state index contributed by atoms with van der Waals surface area (Å²) in [6, 6.07) is 15.6. The Balaban J connectivity index is 1.13. The molecule has 2 amide bonds. The Morgan fingerprint density at radius 3 is 2.22 bits per heavy atom. The van der Waals surface area contributed by atoms with E-state index in [1.54, 1.807) is 0 Å². The number of carbonyl (C=O) groups excluding carboxylic acids is 2. The van der Waals surface area contributed by atoms with Gasteiger partial charge in [0.05, 0.1) is 11.0 Å². The van der Waals surface area contributed by atoms with Gasteiger partial charge in [0.25, 0.3) is 5.91 Å². The second kappa shape index (κ2) is 9.06. The molecule has 0 saturated carbocycles. The van der Waals surface area contributed by atoms with Gasteiger partial charge in [0.15, 0.2) is 0 Å². The number of aromatic amines is 1. The molecular formula is C25H27BrN4O2. The van der Waals surface area contributed by atoms with Crippen molar-refractivity contribution in [3.05, 3.63) is 64.4 Å². The number of fused-ring (bicyclic) bond motifs is 1. The summed E-state index contributed by atoms with van der Waals surface area (Å²) in [5, 5.41) is 0. The van der Waals surface area contributed by atoms with Gasteiger partial charge in [-0.3, -0.25) is 9.59 Å². The third-order valence-corrected chi connectivity index (χ3v) is 7.35. The highest BCUT2D eigenvalue weighted by atomic mass is 79.9. The van der Waals surface area contributed by atoms with E-state index in [0.29, 0.717) is 24.6 Å². The van der Waals surface area contributed by atoms with E-state index >= 15 is 0 Å². The lowest BCUT2D eigenvalue weighted by atomic mass is 9.91. The van der Waals surface area contributed by atoms with Crippen LogP contribution in [-0.4, -0.2) is 57.8 Å². The van der Waals surface area contributed by atoms with E-state index in [2.05, 4.69) is 27.0 Å². The van der Waals surface area contributed by atoms with E-state index in [1.165, 1.54) is 0 Å². The van der Waals surface area contributed by atoms with E-state index < -0.39 is 0 Å². The molecule has 6 nitrogen and oxygen atoms in total. The lowest BCUT2D eigenvalue weighted by Crippen LogP contribution is -2.46. The number of nitrogens with one attached hydrogen (secondary N) is 1. The lowest BCUT2D eigenvalue weighted by Gasteiger charge is -2.37. The third-order valence-electron chi connectivity index (χ3n) is 6.82. The Bertz CT molecular complexity index is 1080. The van der Waals surface area contributed by atoms with Crippen LogP contribution >= 0.6 is 15.9 Å². The maximum absolute atomic E-state index is 13.1. The van der Waals surface area contributed by atoms with Gasteiger partial charge in [-0.1, -0.05) is 28.1 Å². The van der Waals surface area contributed by atoms with Gasteiger partial charge in [-0.25, -0.2) is 4.98 Å². The second-order valence-corrected chi connectivity index (χ2v) is 9.73. The van der Waals surface area contributed by atoms with Gasteiger partial charge >= 0.3 is 0 Å². The smallest absolute Gasteiger partial charge is 0.253 e. The average molecular weight is 495 g/mol. The number of hydrogen-bond donors (Lipinski definition) is 1. The van der Waals surface area contributed by atoms with Gasteiger partial charge in [-0.05, 0) is 62.1 Å². The topological polar surface area (TPSA) is 69.3 Å². The van der Waals surface area contributed by atoms with Crippen molar-refractivity contribution in [3.8, 4) is 0 Å². The number of imidazole rings is 1. The number of nitrogens with zero attached hydrogens (tertiary/aromatic N) is 3. The number of likely N-dealkylation sites (tertiary alicyclic amines) is 2. The molecule has 0 atom stereocenters. The summed E-state index contributed by atoms with van der Waals surface area (Å²) in [4.78, 5) is 37.9. The lowest BCUT2D eigenvalue weighted by molar-refractivity contribution is -0.138. The number of benzene rings is 2. The number of piperidine rings is 2. The number of H-pyrrole nitrogens is 1. The van der Waals surface area contributed by atoms with E-state index in [1.807, 2.05) is 52.3 Å². The van der Waals surface area contributed by atoms with Crippen LogP contribution in [0.1, 0.15) is 47.8 Å². The monoisotopic (exact) mass is 494 g/mol. The predicted molar refractivity (Wildman–Crippen MR) is 127 cm³/mol. The van der Waals surface area contributed by atoms with E-state index in [-0.39, 0.29) is 17.7 Å². The van der Waals surface area contributed by atoms with Gasteiger partial charge in [0.2, 0.25) is 5.91 Å². The molecule has 2 aliphatic heterocycles. The fourth-order valence-corrected chi connectivity index (χ4v) is 5.17. The predicted octanol–water partition coefficient (Wildman–Crippen LogP) is 4.58. The summed E-state index contributed by atoms with van der Waals surface area (Å²) in [5.74, 6) is 1.74. The van der Waals surface area contributed by atoms with Crippen molar-refractivity contribution in [2.24, 2.45) is 5.92 Å². The van der Waals surface area contributed by atoms with Gasteiger partial charge in [-0.15, -0.1) is 0 Å². The Morgan fingerprint density at radius 1 is 0.875 bits per heavy atom. The number of carbonyl (C=O) groups is 2. The van der Waals surface area contributed by atoms with Gasteiger partial charge in [0, 0.05) is 48.1 Å². The van der Waals surface area contributed by atoms with Crippen LogP contribution in [-0.2, 0) is 4.79 Å². The van der Waals surface area contributed by atoms with Crippen LogP contribution in [0.3, 0.4) is 0 Å². The van der Waals surface area contributed by atoms with E-state index in [4.69, 9.17) is 4.98 Å². The minimum atomic E-state index is 0.0201. The zero-order valence-electron chi connectivity index (χ0n) is 18.0. The Labute approximate surface area is 196 Å². The number of amides is 2. The normalized spacial score (nSPS) is 18.3. The van der Waals surface area contributed by atoms with Crippen molar-refractivity contribution in [2.75, 3.05) is 26.2 Å². The molecule has 3 heterocycles. The standard InChI is InChI=1S/C25H27BrN4O2/c26-20-7-5-18(6-8-20)24(31)30-15-11-19(12-16-30)25(32)29-13-9-17(10-14-29)23-27-21-3-1-2-4-22(21)28-23/h1-8,17,19H,9-16H2,(H,27,28). The van der Waals surface area contributed by atoms with Crippen LogP contribution < -0.4 is 0 Å². The van der Waals surface area contributed by atoms with Crippen LogP contribution in [0.4, 0.5) is 0 Å².